The van der Waals surface area contributed by atoms with Gasteiger partial charge in [0.25, 0.3) is 0 Å². The van der Waals surface area contributed by atoms with Crippen molar-refractivity contribution in [2.45, 2.75) is 6.54 Å². The van der Waals surface area contributed by atoms with Gasteiger partial charge < -0.3 is 10.6 Å². The van der Waals surface area contributed by atoms with Crippen LogP contribution >= 0.6 is 23.2 Å². The average Bonchev–Trinajstić information content (AvgIpc) is 2.34. The van der Waals surface area contributed by atoms with E-state index in [0.717, 1.165) is 23.5 Å². The van der Waals surface area contributed by atoms with Gasteiger partial charge in [-0.05, 0) is 42.0 Å². The molecule has 0 fully saturated rings. The molecular weight excluding hydrogens is 267 g/mol. The Morgan fingerprint density at radius 2 is 1.67 bits per heavy atom. The van der Waals surface area contributed by atoms with E-state index >= 15 is 0 Å². The third-order valence-electron chi connectivity index (χ3n) is 2.74. The Hall–Kier alpha value is -1.38. The molecular formula is C14H14Cl2N2. The van der Waals surface area contributed by atoms with Crippen LogP contribution in [0.5, 0.6) is 0 Å². The van der Waals surface area contributed by atoms with Gasteiger partial charge in [-0.15, -0.1) is 0 Å². The standard InChI is InChI=1S/C14H14Cl2N2/c1-18(12-5-3-11(17)4-6-12)9-10-2-7-13(15)14(16)8-10/h2-8H,9,17H2,1H3. The van der Waals surface area contributed by atoms with Gasteiger partial charge in [0.1, 0.15) is 0 Å². The van der Waals surface area contributed by atoms with Crippen molar-refractivity contribution in [1.82, 2.24) is 0 Å². The quantitative estimate of drug-likeness (QED) is 0.854. The van der Waals surface area contributed by atoms with Gasteiger partial charge in [-0.3, -0.25) is 0 Å². The van der Waals surface area contributed by atoms with Crippen LogP contribution in [0.15, 0.2) is 42.5 Å². The number of hydrogen-bond acceptors (Lipinski definition) is 2. The lowest BCUT2D eigenvalue weighted by atomic mass is 10.2. The minimum Gasteiger partial charge on any atom is -0.399 e. The van der Waals surface area contributed by atoms with E-state index in [-0.39, 0.29) is 0 Å². The van der Waals surface area contributed by atoms with Crippen LogP contribution in [-0.2, 0) is 6.54 Å². The normalized spacial score (nSPS) is 10.4. The highest BCUT2D eigenvalue weighted by atomic mass is 35.5. The third kappa shape index (κ3) is 3.09. The van der Waals surface area contributed by atoms with E-state index in [2.05, 4.69) is 4.90 Å². The summed E-state index contributed by atoms with van der Waals surface area (Å²) < 4.78 is 0. The van der Waals surface area contributed by atoms with Crippen molar-refractivity contribution in [3.63, 3.8) is 0 Å². The second-order valence-electron chi connectivity index (χ2n) is 4.20. The SMILES string of the molecule is CN(Cc1ccc(Cl)c(Cl)c1)c1ccc(N)cc1. The first-order valence-corrected chi connectivity index (χ1v) is 6.32. The molecule has 2 rings (SSSR count). The molecule has 0 unspecified atom stereocenters. The molecule has 94 valence electrons. The van der Waals surface area contributed by atoms with Gasteiger partial charge >= 0.3 is 0 Å². The van der Waals surface area contributed by atoms with Crippen molar-refractivity contribution in [3.8, 4) is 0 Å². The minimum absolute atomic E-state index is 0.579. The maximum Gasteiger partial charge on any atom is 0.0595 e. The fourth-order valence-electron chi connectivity index (χ4n) is 1.73. The summed E-state index contributed by atoms with van der Waals surface area (Å²) in [6.45, 7) is 0.765. The summed E-state index contributed by atoms with van der Waals surface area (Å²) in [6, 6.07) is 13.4. The third-order valence-corrected chi connectivity index (χ3v) is 3.48. The number of anilines is 2. The highest BCUT2D eigenvalue weighted by Crippen LogP contribution is 2.24. The van der Waals surface area contributed by atoms with Crippen LogP contribution in [0.3, 0.4) is 0 Å². The van der Waals surface area contributed by atoms with Crippen LogP contribution in [0.1, 0.15) is 5.56 Å². The fraction of sp³-hybridized carbons (Fsp3) is 0.143. The van der Waals surface area contributed by atoms with Crippen molar-refractivity contribution in [2.24, 2.45) is 0 Å². The predicted octanol–water partition coefficient (Wildman–Crippen LogP) is 4.21. The van der Waals surface area contributed by atoms with Crippen molar-refractivity contribution >= 4 is 34.6 Å². The lowest BCUT2D eigenvalue weighted by Gasteiger charge is -2.19. The maximum atomic E-state index is 6.00. The lowest BCUT2D eigenvalue weighted by molar-refractivity contribution is 0.923. The molecule has 0 saturated carbocycles. The van der Waals surface area contributed by atoms with Crippen LogP contribution in [0.2, 0.25) is 10.0 Å². The minimum atomic E-state index is 0.579. The van der Waals surface area contributed by atoms with Gasteiger partial charge in [0.2, 0.25) is 0 Å². The zero-order valence-corrected chi connectivity index (χ0v) is 11.5. The highest BCUT2D eigenvalue weighted by molar-refractivity contribution is 6.42. The Labute approximate surface area is 117 Å². The summed E-state index contributed by atoms with van der Waals surface area (Å²) in [7, 11) is 2.02. The van der Waals surface area contributed by atoms with Gasteiger partial charge in [0.05, 0.1) is 10.0 Å². The number of hydrogen-bond donors (Lipinski definition) is 1. The molecule has 0 saturated heterocycles. The molecule has 2 N–H and O–H groups in total. The molecule has 0 radical (unpaired) electrons. The monoisotopic (exact) mass is 280 g/mol. The Kier molecular flexibility index (Phi) is 4.00. The van der Waals surface area contributed by atoms with Crippen LogP contribution in [0.4, 0.5) is 11.4 Å². The second kappa shape index (κ2) is 5.51. The number of rotatable bonds is 3. The van der Waals surface area contributed by atoms with Gasteiger partial charge in [-0.1, -0.05) is 29.3 Å². The molecule has 0 aliphatic carbocycles. The van der Waals surface area contributed by atoms with Crippen molar-refractivity contribution in [2.75, 3.05) is 17.7 Å². The average molecular weight is 281 g/mol. The topological polar surface area (TPSA) is 29.3 Å². The van der Waals surface area contributed by atoms with Crippen molar-refractivity contribution in [1.29, 1.82) is 0 Å². The summed E-state index contributed by atoms with van der Waals surface area (Å²) >= 11 is 11.9. The van der Waals surface area contributed by atoms with E-state index in [1.165, 1.54) is 0 Å². The number of halogens is 2. The summed E-state index contributed by atoms with van der Waals surface area (Å²) in [5.74, 6) is 0. The molecule has 0 aromatic heterocycles. The second-order valence-corrected chi connectivity index (χ2v) is 5.01. The molecule has 2 aromatic carbocycles. The van der Waals surface area contributed by atoms with Crippen molar-refractivity contribution in [3.05, 3.63) is 58.1 Å². The summed E-state index contributed by atoms with van der Waals surface area (Å²) in [4.78, 5) is 2.12. The molecule has 0 heterocycles. The fourth-order valence-corrected chi connectivity index (χ4v) is 2.05. The molecule has 4 heteroatoms. The van der Waals surface area contributed by atoms with E-state index in [4.69, 9.17) is 28.9 Å². The van der Waals surface area contributed by atoms with E-state index in [1.807, 2.05) is 49.5 Å². The Morgan fingerprint density at radius 3 is 2.28 bits per heavy atom. The van der Waals surface area contributed by atoms with Crippen LogP contribution in [-0.4, -0.2) is 7.05 Å². The van der Waals surface area contributed by atoms with Crippen molar-refractivity contribution < 1.29 is 0 Å². The lowest BCUT2D eigenvalue weighted by Crippen LogP contribution is -2.16. The van der Waals surface area contributed by atoms with Gasteiger partial charge in [0.15, 0.2) is 0 Å². The molecule has 0 atom stereocenters. The maximum absolute atomic E-state index is 6.00. The first-order valence-electron chi connectivity index (χ1n) is 5.57. The largest absolute Gasteiger partial charge is 0.399 e. The van der Waals surface area contributed by atoms with E-state index in [0.29, 0.717) is 10.0 Å². The van der Waals surface area contributed by atoms with Crippen LogP contribution in [0.25, 0.3) is 0 Å². The number of benzene rings is 2. The zero-order valence-electron chi connectivity index (χ0n) is 10.0. The van der Waals surface area contributed by atoms with Crippen LogP contribution in [0, 0.1) is 0 Å². The molecule has 2 aromatic rings. The molecule has 0 spiro atoms. The first kappa shape index (κ1) is 13.1. The molecule has 18 heavy (non-hydrogen) atoms. The molecule has 0 bridgehead atoms. The number of nitrogens with zero attached hydrogens (tertiary/aromatic N) is 1. The Bertz CT molecular complexity index is 538. The van der Waals surface area contributed by atoms with E-state index in [9.17, 15) is 0 Å². The molecule has 0 amide bonds. The smallest absolute Gasteiger partial charge is 0.0595 e. The molecule has 2 nitrogen and oxygen atoms in total. The first-order chi connectivity index (χ1) is 8.56. The van der Waals surface area contributed by atoms with Gasteiger partial charge in [-0.2, -0.15) is 0 Å². The summed E-state index contributed by atoms with van der Waals surface area (Å²) in [5.41, 5.74) is 8.65. The predicted molar refractivity (Wildman–Crippen MR) is 79.4 cm³/mol. The van der Waals surface area contributed by atoms with E-state index in [1.54, 1.807) is 0 Å². The Balaban J connectivity index is 2.13. The highest BCUT2D eigenvalue weighted by Gasteiger charge is 2.04. The van der Waals surface area contributed by atoms with E-state index < -0.39 is 0 Å². The molecule has 0 aliphatic rings. The Morgan fingerprint density at radius 1 is 1.00 bits per heavy atom. The zero-order chi connectivity index (χ0) is 13.1. The number of nitrogen functional groups attached to an aromatic ring is 1. The van der Waals surface area contributed by atoms with Gasteiger partial charge in [0, 0.05) is 25.0 Å². The number of nitrogens with two attached hydrogens (primary N) is 1. The summed E-state index contributed by atoms with van der Waals surface area (Å²) in [6.07, 6.45) is 0. The molecule has 0 aliphatic heterocycles. The van der Waals surface area contributed by atoms with Gasteiger partial charge in [-0.25, -0.2) is 0 Å². The van der Waals surface area contributed by atoms with Crippen LogP contribution < -0.4 is 10.6 Å². The summed E-state index contributed by atoms with van der Waals surface area (Å²) in [5, 5.41) is 1.16.